The summed E-state index contributed by atoms with van der Waals surface area (Å²) in [4.78, 5) is 0. The van der Waals surface area contributed by atoms with Crippen LogP contribution in [0.5, 0.6) is 0 Å². The molecule has 0 saturated heterocycles. The molecule has 1 aromatic carbocycles. The fraction of sp³-hybridized carbons (Fsp3) is 0.688. The zero-order valence-corrected chi connectivity index (χ0v) is 21.1. The van der Waals surface area contributed by atoms with Crippen LogP contribution >= 0.6 is 0 Å². The summed E-state index contributed by atoms with van der Waals surface area (Å²) < 4.78 is 0. The van der Waals surface area contributed by atoms with Gasteiger partial charge >= 0.3 is 0 Å². The number of benzene rings is 1. The Morgan fingerprint density at radius 3 is 2.03 bits per heavy atom. The average Bonchev–Trinajstić information content (AvgIpc) is 2.84. The summed E-state index contributed by atoms with van der Waals surface area (Å²) in [7, 11) is 0. The van der Waals surface area contributed by atoms with Gasteiger partial charge in [0.2, 0.25) is 0 Å². The van der Waals surface area contributed by atoms with Gasteiger partial charge in [0.25, 0.3) is 0 Å². The molecule has 0 spiro atoms. The maximum absolute atomic E-state index is 3.32. The Balaban J connectivity index is 1.33. The van der Waals surface area contributed by atoms with Gasteiger partial charge in [-0.1, -0.05) is 95.3 Å². The van der Waals surface area contributed by atoms with Crippen molar-refractivity contribution in [2.24, 2.45) is 23.7 Å². The van der Waals surface area contributed by atoms with E-state index in [4.69, 9.17) is 0 Å². The highest BCUT2D eigenvalue weighted by molar-refractivity contribution is 5.38. The van der Waals surface area contributed by atoms with E-state index < -0.39 is 0 Å². The second-order valence-electron chi connectivity index (χ2n) is 10.7. The first-order valence-electron chi connectivity index (χ1n) is 14.1. The topological polar surface area (TPSA) is 0 Å². The quantitative estimate of drug-likeness (QED) is 0.255. The maximum Gasteiger partial charge on any atom is 0.0249 e. The van der Waals surface area contributed by atoms with Crippen molar-refractivity contribution < 1.29 is 0 Å². The zero-order chi connectivity index (χ0) is 22.4. The summed E-state index contributed by atoms with van der Waals surface area (Å²) in [5.74, 6) is 10.5. The van der Waals surface area contributed by atoms with Crippen LogP contribution < -0.4 is 0 Å². The van der Waals surface area contributed by atoms with Crippen LogP contribution in [0, 0.1) is 35.5 Å². The second kappa shape index (κ2) is 14.6. The molecule has 0 N–H and O–H groups in total. The lowest BCUT2D eigenvalue weighted by atomic mass is 9.68. The summed E-state index contributed by atoms with van der Waals surface area (Å²) in [5.41, 5.74) is 2.59. The van der Waals surface area contributed by atoms with Crippen LogP contribution in [-0.4, -0.2) is 0 Å². The molecule has 3 rings (SSSR count). The van der Waals surface area contributed by atoms with Gasteiger partial charge in [0.1, 0.15) is 0 Å². The fourth-order valence-electron chi connectivity index (χ4n) is 6.08. The molecule has 0 nitrogen and oxygen atoms in total. The highest BCUT2D eigenvalue weighted by Gasteiger charge is 2.30. The second-order valence-corrected chi connectivity index (χ2v) is 10.7. The van der Waals surface area contributed by atoms with Gasteiger partial charge in [-0.15, -0.1) is 0 Å². The Morgan fingerprint density at radius 1 is 0.750 bits per heavy atom. The Hall–Kier alpha value is -1.48. The molecule has 1 aromatic rings. The first kappa shape index (κ1) is 25.1. The maximum atomic E-state index is 3.32. The smallest absolute Gasteiger partial charge is 0.0249 e. The largest absolute Gasteiger partial charge is 0.0730 e. The summed E-state index contributed by atoms with van der Waals surface area (Å²) in [6.07, 6.45) is 27.1. The SMILES string of the molecule is CCCCCc1ccc(C#C/C=C/C2CCC([C@H]3CC[C@H](CCCCC)CC3)CC2)cc1. The Morgan fingerprint density at radius 2 is 1.38 bits per heavy atom. The van der Waals surface area contributed by atoms with Crippen LogP contribution in [0.25, 0.3) is 0 Å². The van der Waals surface area contributed by atoms with E-state index in [9.17, 15) is 0 Å². The summed E-state index contributed by atoms with van der Waals surface area (Å²) in [6.45, 7) is 4.58. The number of allylic oxidation sites excluding steroid dienone is 2. The predicted molar refractivity (Wildman–Crippen MR) is 141 cm³/mol. The van der Waals surface area contributed by atoms with Crippen molar-refractivity contribution in [2.45, 2.75) is 117 Å². The van der Waals surface area contributed by atoms with Gasteiger partial charge in [-0.3, -0.25) is 0 Å². The van der Waals surface area contributed by atoms with Crippen LogP contribution in [0.3, 0.4) is 0 Å². The molecular formula is C32H48. The van der Waals surface area contributed by atoms with Crippen molar-refractivity contribution in [3.05, 3.63) is 47.5 Å². The Bertz CT molecular complexity index is 697. The minimum Gasteiger partial charge on any atom is -0.0730 e. The van der Waals surface area contributed by atoms with Gasteiger partial charge in [0.15, 0.2) is 0 Å². The molecule has 0 amide bonds. The number of hydrogen-bond acceptors (Lipinski definition) is 0. The number of rotatable bonds is 10. The van der Waals surface area contributed by atoms with Gasteiger partial charge in [-0.25, -0.2) is 0 Å². The van der Waals surface area contributed by atoms with E-state index in [1.165, 1.54) is 108 Å². The van der Waals surface area contributed by atoms with E-state index >= 15 is 0 Å². The molecule has 0 radical (unpaired) electrons. The molecule has 0 aliphatic heterocycles. The van der Waals surface area contributed by atoms with Crippen LogP contribution in [-0.2, 0) is 6.42 Å². The Kier molecular flexibility index (Phi) is 11.5. The standard InChI is InChI=1S/C32H48/c1-3-5-7-11-27-15-17-28(18-16-27)13-9-10-14-30-21-25-32(26-22-30)31-23-19-29(20-24-31)12-8-6-4-2/h10,14-18,29-32H,3-8,11-12,19-26H2,1-2H3/b14-10+/t29-,30?,31-,32?. The molecule has 0 atom stereocenters. The normalized spacial score (nSPS) is 26.1. The van der Waals surface area contributed by atoms with E-state index in [0.29, 0.717) is 0 Å². The molecule has 2 fully saturated rings. The summed E-state index contributed by atoms with van der Waals surface area (Å²) in [6, 6.07) is 8.88. The molecule has 2 aliphatic rings. The van der Waals surface area contributed by atoms with Gasteiger partial charge < -0.3 is 0 Å². The van der Waals surface area contributed by atoms with E-state index in [1.54, 1.807) is 0 Å². The molecule has 0 bridgehead atoms. The lowest BCUT2D eigenvalue weighted by molar-refractivity contribution is 0.151. The van der Waals surface area contributed by atoms with Gasteiger partial charge in [-0.2, -0.15) is 0 Å². The fourth-order valence-corrected chi connectivity index (χ4v) is 6.08. The molecule has 0 heteroatoms. The van der Waals surface area contributed by atoms with Crippen LogP contribution in [0.15, 0.2) is 36.4 Å². The number of hydrogen-bond donors (Lipinski definition) is 0. The first-order chi connectivity index (χ1) is 15.8. The average molecular weight is 433 g/mol. The minimum atomic E-state index is 0.756. The van der Waals surface area contributed by atoms with Crippen molar-refractivity contribution >= 4 is 0 Å². The highest BCUT2D eigenvalue weighted by Crippen LogP contribution is 2.42. The van der Waals surface area contributed by atoms with Crippen molar-refractivity contribution in [2.75, 3.05) is 0 Å². The molecule has 176 valence electrons. The predicted octanol–water partition coefficient (Wildman–Crippen LogP) is 9.52. The van der Waals surface area contributed by atoms with E-state index in [0.717, 1.165) is 29.2 Å². The first-order valence-corrected chi connectivity index (χ1v) is 14.1. The minimum absolute atomic E-state index is 0.756. The number of aryl methyl sites for hydroxylation is 1. The van der Waals surface area contributed by atoms with E-state index in [1.807, 2.05) is 0 Å². The zero-order valence-electron chi connectivity index (χ0n) is 21.1. The molecule has 32 heavy (non-hydrogen) atoms. The molecule has 0 heterocycles. The molecule has 2 aliphatic carbocycles. The lowest BCUT2D eigenvalue weighted by Crippen LogP contribution is -2.25. The molecule has 0 unspecified atom stereocenters. The third-order valence-corrected chi connectivity index (χ3v) is 8.28. The lowest BCUT2D eigenvalue weighted by Gasteiger charge is -2.37. The monoisotopic (exact) mass is 432 g/mol. The van der Waals surface area contributed by atoms with Crippen LogP contribution in [0.1, 0.15) is 121 Å². The van der Waals surface area contributed by atoms with Gasteiger partial charge in [0.05, 0.1) is 0 Å². The third kappa shape index (κ3) is 8.81. The van der Waals surface area contributed by atoms with Crippen LogP contribution in [0.2, 0.25) is 0 Å². The molecule has 0 aromatic heterocycles. The molecular weight excluding hydrogens is 384 g/mol. The van der Waals surface area contributed by atoms with Gasteiger partial charge in [-0.05, 0) is 98.8 Å². The number of unbranched alkanes of at least 4 members (excludes halogenated alkanes) is 4. The van der Waals surface area contributed by atoms with Gasteiger partial charge in [0, 0.05) is 5.56 Å². The van der Waals surface area contributed by atoms with Crippen molar-refractivity contribution in [1.82, 2.24) is 0 Å². The van der Waals surface area contributed by atoms with E-state index in [2.05, 4.69) is 62.1 Å². The Labute approximate surface area is 199 Å². The summed E-state index contributed by atoms with van der Waals surface area (Å²) in [5, 5.41) is 0. The van der Waals surface area contributed by atoms with Crippen molar-refractivity contribution in [3.8, 4) is 11.8 Å². The van der Waals surface area contributed by atoms with Crippen molar-refractivity contribution in [3.63, 3.8) is 0 Å². The highest BCUT2D eigenvalue weighted by atomic mass is 14.4. The van der Waals surface area contributed by atoms with Crippen LogP contribution in [0.4, 0.5) is 0 Å². The van der Waals surface area contributed by atoms with E-state index in [-0.39, 0.29) is 0 Å². The third-order valence-electron chi connectivity index (χ3n) is 8.28. The summed E-state index contributed by atoms with van der Waals surface area (Å²) >= 11 is 0. The van der Waals surface area contributed by atoms with Crippen molar-refractivity contribution in [1.29, 1.82) is 0 Å². The molecule has 2 saturated carbocycles.